The zero-order valence-corrected chi connectivity index (χ0v) is 14.5. The molecule has 0 amide bonds. The lowest BCUT2D eigenvalue weighted by molar-refractivity contribution is -0.0980. The largest absolute Gasteiger partial charge is 0.477 e. The molecule has 0 aliphatic carbocycles. The van der Waals surface area contributed by atoms with Crippen LogP contribution >= 0.6 is 11.3 Å². The summed E-state index contributed by atoms with van der Waals surface area (Å²) in [5.74, 6) is -0.835. The molecule has 0 bridgehead atoms. The van der Waals surface area contributed by atoms with Crippen LogP contribution in [0.25, 0.3) is 0 Å². The number of carbonyl (C=O) groups is 1. The third kappa shape index (κ3) is 2.76. The van der Waals surface area contributed by atoms with Crippen LogP contribution in [0.3, 0.4) is 0 Å². The van der Waals surface area contributed by atoms with Crippen molar-refractivity contribution >= 4 is 17.3 Å². The van der Waals surface area contributed by atoms with Crippen LogP contribution in [0, 0.1) is 0 Å². The second-order valence-corrected chi connectivity index (χ2v) is 7.78. The van der Waals surface area contributed by atoms with Crippen molar-refractivity contribution in [1.29, 1.82) is 0 Å². The third-order valence-electron chi connectivity index (χ3n) is 5.05. The van der Waals surface area contributed by atoms with Crippen LogP contribution in [0.2, 0.25) is 0 Å². The zero-order valence-electron chi connectivity index (χ0n) is 13.7. The Balaban J connectivity index is 1.50. The Bertz CT molecular complexity index is 759. The van der Waals surface area contributed by atoms with Crippen molar-refractivity contribution in [3.63, 3.8) is 0 Å². The molecule has 2 aromatic rings. The molecule has 6 nitrogen and oxygen atoms in total. The van der Waals surface area contributed by atoms with E-state index < -0.39 is 5.97 Å². The Hall–Kier alpha value is -1.70. The molecule has 1 N–H and O–H groups in total. The molecule has 128 valence electrons. The number of nitrogens with zero attached hydrogens (tertiary/aromatic N) is 3. The molecule has 1 fully saturated rings. The highest BCUT2D eigenvalue weighted by molar-refractivity contribution is 7.14. The van der Waals surface area contributed by atoms with E-state index in [0.29, 0.717) is 11.5 Å². The number of ether oxygens (including phenoxy) is 1. The van der Waals surface area contributed by atoms with Crippen molar-refractivity contribution in [2.75, 3.05) is 19.7 Å². The molecular weight excluding hydrogens is 326 g/mol. The monoisotopic (exact) mass is 347 g/mol. The minimum Gasteiger partial charge on any atom is -0.477 e. The molecular formula is C17H21N3O3S. The van der Waals surface area contributed by atoms with Crippen LogP contribution in [0.4, 0.5) is 0 Å². The van der Waals surface area contributed by atoms with Gasteiger partial charge in [-0.1, -0.05) is 0 Å². The van der Waals surface area contributed by atoms with E-state index in [-0.39, 0.29) is 5.60 Å². The third-order valence-corrected chi connectivity index (χ3v) is 6.23. The predicted molar refractivity (Wildman–Crippen MR) is 90.3 cm³/mol. The maximum absolute atomic E-state index is 11.3. The summed E-state index contributed by atoms with van der Waals surface area (Å²) in [6.07, 6.45) is 6.62. The second-order valence-electron chi connectivity index (χ2n) is 6.64. The van der Waals surface area contributed by atoms with Gasteiger partial charge in [0.05, 0.1) is 18.4 Å². The highest BCUT2D eigenvalue weighted by Gasteiger charge is 2.42. The highest BCUT2D eigenvalue weighted by Crippen LogP contribution is 2.44. The molecule has 2 aliphatic rings. The van der Waals surface area contributed by atoms with Gasteiger partial charge in [0.25, 0.3) is 0 Å². The fourth-order valence-corrected chi connectivity index (χ4v) is 4.89. The van der Waals surface area contributed by atoms with Crippen molar-refractivity contribution in [3.05, 3.63) is 39.3 Å². The molecule has 1 saturated heterocycles. The first-order valence-electron chi connectivity index (χ1n) is 8.26. The number of fused-ring (bicyclic) bond motifs is 2. The highest BCUT2D eigenvalue weighted by atomic mass is 32.1. The molecule has 7 heteroatoms. The van der Waals surface area contributed by atoms with Crippen LogP contribution in [0.1, 0.15) is 38.5 Å². The zero-order chi connectivity index (χ0) is 16.7. The molecule has 2 aromatic heterocycles. The van der Waals surface area contributed by atoms with Gasteiger partial charge in [0.15, 0.2) is 0 Å². The molecule has 2 aliphatic heterocycles. The Kier molecular flexibility index (Phi) is 3.94. The average Bonchev–Trinajstić information content (AvgIpc) is 3.17. The van der Waals surface area contributed by atoms with E-state index in [9.17, 15) is 9.90 Å². The first kappa shape index (κ1) is 15.8. The van der Waals surface area contributed by atoms with E-state index in [1.54, 1.807) is 0 Å². The SMILES string of the molecule is Cn1cc(CN2CCC3(CC2)OCCc2sc(C(=O)O)cc23)cn1. The molecule has 0 atom stereocenters. The number of aromatic carboxylic acids is 1. The molecule has 0 aromatic carbocycles. The Morgan fingerprint density at radius 1 is 1.46 bits per heavy atom. The number of piperidine rings is 1. The Morgan fingerprint density at radius 2 is 2.25 bits per heavy atom. The molecule has 24 heavy (non-hydrogen) atoms. The summed E-state index contributed by atoms with van der Waals surface area (Å²) in [7, 11) is 1.93. The van der Waals surface area contributed by atoms with Crippen molar-refractivity contribution in [2.24, 2.45) is 7.05 Å². The second kappa shape index (κ2) is 5.98. The number of carboxylic acids is 1. The van der Waals surface area contributed by atoms with Gasteiger partial charge in [-0.15, -0.1) is 11.3 Å². The van der Waals surface area contributed by atoms with E-state index in [1.807, 2.05) is 24.0 Å². The van der Waals surface area contributed by atoms with Gasteiger partial charge in [0.2, 0.25) is 0 Å². The number of hydrogen-bond donors (Lipinski definition) is 1. The fraction of sp³-hybridized carbons (Fsp3) is 0.529. The van der Waals surface area contributed by atoms with Crippen molar-refractivity contribution < 1.29 is 14.6 Å². The molecule has 1 spiro atoms. The molecule has 4 rings (SSSR count). The van der Waals surface area contributed by atoms with E-state index in [0.717, 1.165) is 44.5 Å². The van der Waals surface area contributed by atoms with Crippen LogP contribution in [-0.4, -0.2) is 45.5 Å². The lowest BCUT2D eigenvalue weighted by Crippen LogP contribution is -2.45. The number of carboxylic acid groups (broad SMARTS) is 1. The van der Waals surface area contributed by atoms with Gasteiger partial charge in [-0.3, -0.25) is 9.58 Å². The van der Waals surface area contributed by atoms with Crippen LogP contribution in [0.15, 0.2) is 18.5 Å². The van der Waals surface area contributed by atoms with E-state index in [4.69, 9.17) is 4.74 Å². The Morgan fingerprint density at radius 3 is 2.92 bits per heavy atom. The van der Waals surface area contributed by atoms with Gasteiger partial charge in [0.1, 0.15) is 4.88 Å². The first-order chi connectivity index (χ1) is 11.6. The number of likely N-dealkylation sites (tertiary alicyclic amines) is 1. The van der Waals surface area contributed by atoms with Crippen LogP contribution in [-0.2, 0) is 30.4 Å². The summed E-state index contributed by atoms with van der Waals surface area (Å²) >= 11 is 1.41. The van der Waals surface area contributed by atoms with E-state index >= 15 is 0 Å². The average molecular weight is 347 g/mol. The predicted octanol–water partition coefficient (Wildman–Crippen LogP) is 2.24. The quantitative estimate of drug-likeness (QED) is 0.922. The standard InChI is InChI=1S/C17H21N3O3S/c1-19-10-12(9-18-19)11-20-5-3-17(4-6-20)13-8-15(16(21)22)24-14(13)2-7-23-17/h8-10H,2-7,11H2,1H3,(H,21,22). The number of hydrogen-bond acceptors (Lipinski definition) is 5. The minimum atomic E-state index is -0.835. The summed E-state index contributed by atoms with van der Waals surface area (Å²) in [6.45, 7) is 3.50. The van der Waals surface area contributed by atoms with Gasteiger partial charge in [0, 0.05) is 49.7 Å². The van der Waals surface area contributed by atoms with Crippen molar-refractivity contribution in [2.45, 2.75) is 31.4 Å². The lowest BCUT2D eigenvalue weighted by Gasteiger charge is -2.44. The number of aryl methyl sites for hydroxylation is 1. The summed E-state index contributed by atoms with van der Waals surface area (Å²) in [4.78, 5) is 15.3. The smallest absolute Gasteiger partial charge is 0.345 e. The van der Waals surface area contributed by atoms with E-state index in [2.05, 4.69) is 16.2 Å². The van der Waals surface area contributed by atoms with Crippen molar-refractivity contribution in [1.82, 2.24) is 14.7 Å². The summed E-state index contributed by atoms with van der Waals surface area (Å²) in [5.41, 5.74) is 2.06. The topological polar surface area (TPSA) is 67.6 Å². The van der Waals surface area contributed by atoms with Gasteiger partial charge in [-0.25, -0.2) is 4.79 Å². The van der Waals surface area contributed by atoms with Gasteiger partial charge in [-0.2, -0.15) is 5.10 Å². The lowest BCUT2D eigenvalue weighted by atomic mass is 9.82. The number of thiophene rings is 1. The number of aromatic nitrogens is 2. The van der Waals surface area contributed by atoms with Crippen LogP contribution < -0.4 is 0 Å². The minimum absolute atomic E-state index is 0.288. The van der Waals surface area contributed by atoms with Crippen molar-refractivity contribution in [3.8, 4) is 0 Å². The summed E-state index contributed by atoms with van der Waals surface area (Å²) in [6, 6.07) is 1.85. The summed E-state index contributed by atoms with van der Waals surface area (Å²) in [5, 5.41) is 13.5. The van der Waals surface area contributed by atoms with Gasteiger partial charge >= 0.3 is 5.97 Å². The Labute approximate surface area is 144 Å². The van der Waals surface area contributed by atoms with Gasteiger partial charge in [-0.05, 0) is 24.5 Å². The molecule has 0 radical (unpaired) electrons. The molecule has 0 unspecified atom stereocenters. The normalized spacial score (nSPS) is 20.2. The number of rotatable bonds is 3. The molecule has 4 heterocycles. The molecule has 0 saturated carbocycles. The maximum atomic E-state index is 11.3. The maximum Gasteiger partial charge on any atom is 0.345 e. The summed E-state index contributed by atoms with van der Waals surface area (Å²) < 4.78 is 8.03. The first-order valence-corrected chi connectivity index (χ1v) is 9.08. The van der Waals surface area contributed by atoms with Gasteiger partial charge < -0.3 is 9.84 Å². The fourth-order valence-electron chi connectivity index (χ4n) is 3.82. The van der Waals surface area contributed by atoms with Crippen LogP contribution in [0.5, 0.6) is 0 Å². The van der Waals surface area contributed by atoms with E-state index in [1.165, 1.54) is 21.8 Å².